The maximum absolute atomic E-state index is 13.7. The van der Waals surface area contributed by atoms with Crippen LogP contribution in [-0.4, -0.2) is 15.5 Å². The molecule has 0 radical (unpaired) electrons. The lowest BCUT2D eigenvalue weighted by molar-refractivity contribution is 0.385. The van der Waals surface area contributed by atoms with Gasteiger partial charge >= 0.3 is 0 Å². The summed E-state index contributed by atoms with van der Waals surface area (Å²) in [5.74, 6) is -0.720. The highest BCUT2D eigenvalue weighted by atomic mass is 32.2. The molecule has 0 spiro atoms. The van der Waals surface area contributed by atoms with Gasteiger partial charge in [0.05, 0.1) is 17.7 Å². The Hall–Kier alpha value is -2.08. The summed E-state index contributed by atoms with van der Waals surface area (Å²) >= 11 is 0. The van der Waals surface area contributed by atoms with E-state index in [1.54, 1.807) is 26.0 Å². The zero-order chi connectivity index (χ0) is 15.6. The molecule has 6 heteroatoms. The molecule has 4 nitrogen and oxygen atoms in total. The van der Waals surface area contributed by atoms with Crippen molar-refractivity contribution >= 4 is 15.7 Å². The fraction of sp³-hybridized carbons (Fsp3) is 0.200. The molecule has 2 aromatic rings. The molecular weight excluding hydrogens is 293 g/mol. The Labute approximate surface area is 123 Å². The van der Waals surface area contributed by atoms with Gasteiger partial charge in [-0.1, -0.05) is 18.2 Å². The molecule has 112 valence electrons. The first-order chi connectivity index (χ1) is 9.85. The zero-order valence-corrected chi connectivity index (χ0v) is 12.8. The monoisotopic (exact) mass is 309 g/mol. The molecule has 0 amide bonds. The smallest absolute Gasteiger partial charge is 0.262 e. The lowest BCUT2D eigenvalue weighted by atomic mass is 10.1. The molecule has 2 aromatic carbocycles. The minimum atomic E-state index is -3.85. The lowest BCUT2D eigenvalue weighted by Gasteiger charge is -2.13. The Balaban J connectivity index is 2.41. The van der Waals surface area contributed by atoms with Crippen molar-refractivity contribution in [2.24, 2.45) is 0 Å². The highest BCUT2D eigenvalue weighted by Gasteiger charge is 2.18. The Morgan fingerprint density at radius 1 is 1.10 bits per heavy atom. The van der Waals surface area contributed by atoms with Crippen molar-refractivity contribution < 1.29 is 17.5 Å². The van der Waals surface area contributed by atoms with Crippen molar-refractivity contribution in [3.05, 3.63) is 53.3 Å². The van der Waals surface area contributed by atoms with Gasteiger partial charge in [-0.25, -0.2) is 12.8 Å². The minimum absolute atomic E-state index is 0.000947. The number of hydrogen-bond donors (Lipinski definition) is 1. The fourth-order valence-electron chi connectivity index (χ4n) is 1.98. The molecule has 21 heavy (non-hydrogen) atoms. The first kappa shape index (κ1) is 15.3. The second kappa shape index (κ2) is 5.73. The van der Waals surface area contributed by atoms with Crippen LogP contribution in [0.5, 0.6) is 5.75 Å². The summed E-state index contributed by atoms with van der Waals surface area (Å²) in [6, 6.07) is 8.98. The number of sulfonamides is 1. The van der Waals surface area contributed by atoms with Crippen molar-refractivity contribution in [3.8, 4) is 5.75 Å². The summed E-state index contributed by atoms with van der Waals surface area (Å²) < 4.78 is 45.6. The molecular formula is C15H16FNO3S. The third kappa shape index (κ3) is 3.16. The summed E-state index contributed by atoms with van der Waals surface area (Å²) in [6.45, 7) is 3.61. The standard InChI is InChI=1S/C15H16FNO3S/c1-10-5-4-6-11(2)15(10)17-21(18,19)12-7-8-14(20-3)13(16)9-12/h4-9,17H,1-3H3. The van der Waals surface area contributed by atoms with Crippen LogP contribution in [0, 0.1) is 19.7 Å². The van der Waals surface area contributed by atoms with Crippen LogP contribution in [0.15, 0.2) is 41.3 Å². The number of para-hydroxylation sites is 1. The largest absolute Gasteiger partial charge is 0.494 e. The number of halogens is 1. The van der Waals surface area contributed by atoms with E-state index in [0.717, 1.165) is 17.2 Å². The van der Waals surface area contributed by atoms with E-state index in [1.807, 2.05) is 6.07 Å². The maximum atomic E-state index is 13.7. The van der Waals surface area contributed by atoms with Gasteiger partial charge in [-0.15, -0.1) is 0 Å². The molecule has 0 fully saturated rings. The van der Waals surface area contributed by atoms with E-state index in [1.165, 1.54) is 19.2 Å². The van der Waals surface area contributed by atoms with Crippen LogP contribution in [0.25, 0.3) is 0 Å². The van der Waals surface area contributed by atoms with Gasteiger partial charge < -0.3 is 4.74 Å². The van der Waals surface area contributed by atoms with E-state index in [9.17, 15) is 12.8 Å². The van der Waals surface area contributed by atoms with Gasteiger partial charge in [0.25, 0.3) is 10.0 Å². The SMILES string of the molecule is COc1ccc(S(=O)(=O)Nc2c(C)cccc2C)cc1F. The van der Waals surface area contributed by atoms with Crippen LogP contribution in [0.1, 0.15) is 11.1 Å². The molecule has 1 N–H and O–H groups in total. The highest BCUT2D eigenvalue weighted by Crippen LogP contribution is 2.25. The van der Waals surface area contributed by atoms with Gasteiger partial charge in [0.15, 0.2) is 11.6 Å². The number of benzene rings is 2. The number of nitrogens with one attached hydrogen (secondary N) is 1. The van der Waals surface area contributed by atoms with Crippen molar-refractivity contribution in [2.75, 3.05) is 11.8 Å². The van der Waals surface area contributed by atoms with Gasteiger partial charge in [0, 0.05) is 0 Å². The number of methoxy groups -OCH3 is 1. The maximum Gasteiger partial charge on any atom is 0.262 e. The summed E-state index contributed by atoms with van der Waals surface area (Å²) in [5, 5.41) is 0. The van der Waals surface area contributed by atoms with Crippen molar-refractivity contribution in [1.82, 2.24) is 0 Å². The number of aryl methyl sites for hydroxylation is 2. The first-order valence-corrected chi connectivity index (χ1v) is 7.76. The van der Waals surface area contributed by atoms with E-state index in [4.69, 9.17) is 4.74 Å². The molecule has 0 heterocycles. The summed E-state index contributed by atoms with van der Waals surface area (Å²) in [4.78, 5) is -0.150. The molecule has 0 aliphatic heterocycles. The molecule has 0 atom stereocenters. The summed E-state index contributed by atoms with van der Waals surface area (Å²) in [6.07, 6.45) is 0. The average Bonchev–Trinajstić information content (AvgIpc) is 2.43. The minimum Gasteiger partial charge on any atom is -0.494 e. The highest BCUT2D eigenvalue weighted by molar-refractivity contribution is 7.92. The van der Waals surface area contributed by atoms with Crippen LogP contribution >= 0.6 is 0 Å². The van der Waals surface area contributed by atoms with Gasteiger partial charge in [-0.05, 0) is 43.2 Å². The predicted octanol–water partition coefficient (Wildman–Crippen LogP) is 3.25. The normalized spacial score (nSPS) is 11.2. The van der Waals surface area contributed by atoms with Crippen LogP contribution in [-0.2, 0) is 10.0 Å². The zero-order valence-electron chi connectivity index (χ0n) is 12.0. The van der Waals surface area contributed by atoms with Crippen molar-refractivity contribution in [1.29, 1.82) is 0 Å². The van der Waals surface area contributed by atoms with Crippen LogP contribution in [0.3, 0.4) is 0 Å². The topological polar surface area (TPSA) is 55.4 Å². The quantitative estimate of drug-likeness (QED) is 0.943. The third-order valence-corrected chi connectivity index (χ3v) is 4.50. The average molecular weight is 309 g/mol. The number of ether oxygens (including phenoxy) is 1. The Morgan fingerprint density at radius 3 is 2.24 bits per heavy atom. The van der Waals surface area contributed by atoms with Gasteiger partial charge in [0.1, 0.15) is 0 Å². The molecule has 0 saturated carbocycles. The van der Waals surface area contributed by atoms with E-state index < -0.39 is 15.8 Å². The van der Waals surface area contributed by atoms with Crippen molar-refractivity contribution in [3.63, 3.8) is 0 Å². The Kier molecular flexibility index (Phi) is 4.18. The first-order valence-electron chi connectivity index (χ1n) is 6.27. The lowest BCUT2D eigenvalue weighted by Crippen LogP contribution is -2.15. The number of anilines is 1. The molecule has 2 rings (SSSR count). The molecule has 0 aromatic heterocycles. The summed E-state index contributed by atoms with van der Waals surface area (Å²) in [7, 11) is -2.53. The third-order valence-electron chi connectivity index (χ3n) is 3.15. The Bertz CT molecular complexity index is 752. The number of hydrogen-bond acceptors (Lipinski definition) is 3. The molecule has 0 aliphatic rings. The Morgan fingerprint density at radius 2 is 1.71 bits per heavy atom. The van der Waals surface area contributed by atoms with Gasteiger partial charge in [0.2, 0.25) is 0 Å². The van der Waals surface area contributed by atoms with Crippen LogP contribution in [0.4, 0.5) is 10.1 Å². The van der Waals surface area contributed by atoms with Crippen LogP contribution in [0.2, 0.25) is 0 Å². The van der Waals surface area contributed by atoms with E-state index in [2.05, 4.69) is 4.72 Å². The summed E-state index contributed by atoms with van der Waals surface area (Å²) in [5.41, 5.74) is 2.11. The van der Waals surface area contributed by atoms with E-state index in [-0.39, 0.29) is 10.6 Å². The molecule has 0 unspecified atom stereocenters. The second-order valence-corrected chi connectivity index (χ2v) is 6.35. The fourth-order valence-corrected chi connectivity index (χ4v) is 3.20. The molecule has 0 bridgehead atoms. The van der Waals surface area contributed by atoms with Crippen molar-refractivity contribution in [2.45, 2.75) is 18.7 Å². The van der Waals surface area contributed by atoms with Gasteiger partial charge in [-0.2, -0.15) is 0 Å². The van der Waals surface area contributed by atoms with E-state index in [0.29, 0.717) is 5.69 Å². The van der Waals surface area contributed by atoms with Gasteiger partial charge in [-0.3, -0.25) is 4.72 Å². The van der Waals surface area contributed by atoms with Crippen LogP contribution < -0.4 is 9.46 Å². The molecule has 0 aliphatic carbocycles. The van der Waals surface area contributed by atoms with E-state index >= 15 is 0 Å². The number of rotatable bonds is 4. The second-order valence-electron chi connectivity index (χ2n) is 4.67. The molecule has 0 saturated heterocycles. The predicted molar refractivity (Wildman–Crippen MR) is 79.7 cm³/mol.